The predicted octanol–water partition coefficient (Wildman–Crippen LogP) is -0.0950. The van der Waals surface area contributed by atoms with Gasteiger partial charge in [-0.05, 0) is 13.8 Å². The lowest BCUT2D eigenvalue weighted by atomic mass is 10.0. The number of methoxy groups -OCH3 is 2. The van der Waals surface area contributed by atoms with E-state index in [1.807, 2.05) is 6.92 Å². The van der Waals surface area contributed by atoms with Crippen LogP contribution in [-0.2, 0) is 14.3 Å². The van der Waals surface area contributed by atoms with Crippen molar-refractivity contribution in [2.24, 2.45) is 0 Å². The molecule has 0 radical (unpaired) electrons. The molecule has 0 spiro atoms. The van der Waals surface area contributed by atoms with Crippen LogP contribution in [0.2, 0.25) is 0 Å². The first-order valence-corrected chi connectivity index (χ1v) is 6.70. The molecule has 0 aliphatic rings. The van der Waals surface area contributed by atoms with Gasteiger partial charge >= 0.3 is 12.0 Å². The molecule has 124 valence electrons. The Morgan fingerprint density at radius 1 is 1.33 bits per heavy atom. The molecule has 0 aliphatic carbocycles. The monoisotopic (exact) mass is 306 g/mol. The summed E-state index contributed by atoms with van der Waals surface area (Å²) in [6.07, 6.45) is -0.445. The number of aliphatic hydroxyl groups is 1. The van der Waals surface area contributed by atoms with E-state index >= 15 is 0 Å². The van der Waals surface area contributed by atoms with Gasteiger partial charge in [0.05, 0.1) is 31.3 Å². The zero-order valence-electron chi connectivity index (χ0n) is 13.1. The fraction of sp³-hybridized carbons (Fsp3) is 0.846. The van der Waals surface area contributed by atoms with Gasteiger partial charge in [-0.3, -0.25) is 4.79 Å². The first-order valence-electron chi connectivity index (χ1n) is 6.70. The summed E-state index contributed by atoms with van der Waals surface area (Å²) in [6, 6.07) is -0.572. The number of rotatable bonds is 10. The molecule has 3 N–H and O–H groups in total. The summed E-state index contributed by atoms with van der Waals surface area (Å²) in [5.74, 6) is -1.13. The van der Waals surface area contributed by atoms with E-state index in [9.17, 15) is 14.7 Å². The van der Waals surface area contributed by atoms with Crippen molar-refractivity contribution in [3.8, 4) is 0 Å². The average molecular weight is 306 g/mol. The van der Waals surface area contributed by atoms with Crippen LogP contribution >= 0.6 is 0 Å². The van der Waals surface area contributed by atoms with Gasteiger partial charge in [-0.2, -0.15) is 0 Å². The normalized spacial score (nSPS) is 15.1. The Kier molecular flexibility index (Phi) is 8.91. The molecule has 0 saturated heterocycles. The van der Waals surface area contributed by atoms with Crippen LogP contribution in [0.1, 0.15) is 20.3 Å². The maximum Gasteiger partial charge on any atom is 0.317 e. The maximum absolute atomic E-state index is 12.1. The number of urea groups is 1. The smallest absolute Gasteiger partial charge is 0.317 e. The summed E-state index contributed by atoms with van der Waals surface area (Å²) >= 11 is 0. The molecule has 2 atom stereocenters. The SMILES string of the molecule is COCCN(C(=O)NCC(C)(O)CC(=O)O)C(C)COC. The fourth-order valence-corrected chi connectivity index (χ4v) is 1.80. The van der Waals surface area contributed by atoms with Crippen molar-refractivity contribution in [1.29, 1.82) is 0 Å². The van der Waals surface area contributed by atoms with E-state index in [2.05, 4.69) is 5.32 Å². The van der Waals surface area contributed by atoms with Crippen LogP contribution in [0.15, 0.2) is 0 Å². The summed E-state index contributed by atoms with van der Waals surface area (Å²) in [4.78, 5) is 24.3. The molecule has 0 saturated carbocycles. The average Bonchev–Trinajstić information content (AvgIpc) is 2.35. The van der Waals surface area contributed by atoms with Gasteiger partial charge in [0.25, 0.3) is 0 Å². The Balaban J connectivity index is 4.55. The highest BCUT2D eigenvalue weighted by molar-refractivity contribution is 5.75. The van der Waals surface area contributed by atoms with E-state index in [1.165, 1.54) is 18.9 Å². The van der Waals surface area contributed by atoms with Crippen LogP contribution in [0.25, 0.3) is 0 Å². The van der Waals surface area contributed by atoms with Crippen molar-refractivity contribution in [3.05, 3.63) is 0 Å². The number of amides is 2. The van der Waals surface area contributed by atoms with Crippen molar-refractivity contribution < 1.29 is 29.3 Å². The van der Waals surface area contributed by atoms with E-state index in [0.717, 1.165) is 0 Å². The zero-order valence-corrected chi connectivity index (χ0v) is 13.1. The molecule has 0 bridgehead atoms. The molecule has 8 heteroatoms. The third-order valence-electron chi connectivity index (χ3n) is 2.89. The summed E-state index contributed by atoms with van der Waals surface area (Å²) in [7, 11) is 3.08. The van der Waals surface area contributed by atoms with E-state index in [0.29, 0.717) is 19.8 Å². The predicted molar refractivity (Wildman–Crippen MR) is 76.2 cm³/mol. The minimum Gasteiger partial charge on any atom is -0.481 e. The second-order valence-corrected chi connectivity index (χ2v) is 5.22. The van der Waals surface area contributed by atoms with Gasteiger partial charge in [-0.1, -0.05) is 0 Å². The molecule has 2 amide bonds. The van der Waals surface area contributed by atoms with E-state index < -0.39 is 24.0 Å². The summed E-state index contributed by atoms with van der Waals surface area (Å²) in [6.45, 7) is 4.14. The number of hydrogen-bond acceptors (Lipinski definition) is 5. The van der Waals surface area contributed by atoms with Crippen LogP contribution in [0.3, 0.4) is 0 Å². The Labute approximate surface area is 125 Å². The van der Waals surface area contributed by atoms with Crippen molar-refractivity contribution in [1.82, 2.24) is 10.2 Å². The van der Waals surface area contributed by atoms with E-state index in [4.69, 9.17) is 14.6 Å². The Morgan fingerprint density at radius 2 is 1.95 bits per heavy atom. The van der Waals surface area contributed by atoms with Gasteiger partial charge < -0.3 is 29.9 Å². The Bertz CT molecular complexity index is 335. The highest BCUT2D eigenvalue weighted by atomic mass is 16.5. The van der Waals surface area contributed by atoms with Gasteiger partial charge in [0, 0.05) is 27.3 Å². The minimum absolute atomic E-state index is 0.151. The number of carboxylic acid groups (broad SMARTS) is 1. The second kappa shape index (κ2) is 9.54. The largest absolute Gasteiger partial charge is 0.481 e. The Morgan fingerprint density at radius 3 is 2.43 bits per heavy atom. The Hall–Kier alpha value is -1.38. The molecule has 0 aromatic carbocycles. The highest BCUT2D eigenvalue weighted by Crippen LogP contribution is 2.08. The fourth-order valence-electron chi connectivity index (χ4n) is 1.80. The lowest BCUT2D eigenvalue weighted by Gasteiger charge is -2.30. The molecule has 0 aromatic heterocycles. The zero-order chi connectivity index (χ0) is 16.5. The molecule has 0 rings (SSSR count). The molecule has 21 heavy (non-hydrogen) atoms. The number of hydrogen-bond donors (Lipinski definition) is 3. The number of carbonyl (C=O) groups excluding carboxylic acids is 1. The van der Waals surface area contributed by atoms with Crippen LogP contribution in [-0.4, -0.2) is 79.3 Å². The van der Waals surface area contributed by atoms with Crippen molar-refractivity contribution >= 4 is 12.0 Å². The molecular formula is C13H26N2O6. The molecule has 2 unspecified atom stereocenters. The number of nitrogens with one attached hydrogen (secondary N) is 1. The molecule has 8 nitrogen and oxygen atoms in total. The first-order chi connectivity index (χ1) is 9.73. The number of carbonyl (C=O) groups is 2. The minimum atomic E-state index is -1.50. The van der Waals surface area contributed by atoms with Gasteiger partial charge in [0.1, 0.15) is 0 Å². The molecular weight excluding hydrogens is 280 g/mol. The number of carboxylic acids is 1. The third kappa shape index (κ3) is 8.49. The van der Waals surface area contributed by atoms with E-state index in [-0.39, 0.29) is 12.6 Å². The number of ether oxygens (including phenoxy) is 2. The topological polar surface area (TPSA) is 108 Å². The van der Waals surface area contributed by atoms with Gasteiger partial charge in [0.15, 0.2) is 0 Å². The quantitative estimate of drug-likeness (QED) is 0.520. The highest BCUT2D eigenvalue weighted by Gasteiger charge is 2.27. The lowest BCUT2D eigenvalue weighted by Crippen LogP contribution is -2.51. The summed E-state index contributed by atoms with van der Waals surface area (Å²) in [5, 5.41) is 21.1. The van der Waals surface area contributed by atoms with Crippen LogP contribution in [0.4, 0.5) is 4.79 Å². The number of aliphatic carboxylic acids is 1. The summed E-state index contributed by atoms with van der Waals surface area (Å²) in [5.41, 5.74) is -1.50. The molecule has 0 aliphatic heterocycles. The maximum atomic E-state index is 12.1. The standard InChI is InChI=1S/C13H26N2O6/c1-10(8-21-4)15(5-6-20-3)12(18)14-9-13(2,19)7-11(16)17/h10,19H,5-9H2,1-4H3,(H,14,18)(H,16,17). The van der Waals surface area contributed by atoms with Crippen LogP contribution in [0, 0.1) is 0 Å². The van der Waals surface area contributed by atoms with Gasteiger partial charge in [0.2, 0.25) is 0 Å². The lowest BCUT2D eigenvalue weighted by molar-refractivity contribution is -0.141. The van der Waals surface area contributed by atoms with Crippen LogP contribution in [0.5, 0.6) is 0 Å². The first kappa shape index (κ1) is 19.6. The second-order valence-electron chi connectivity index (χ2n) is 5.22. The molecule has 0 heterocycles. The number of nitrogens with zero attached hydrogens (tertiary/aromatic N) is 1. The van der Waals surface area contributed by atoms with Crippen molar-refractivity contribution in [2.45, 2.75) is 31.9 Å². The van der Waals surface area contributed by atoms with E-state index in [1.54, 1.807) is 7.11 Å². The third-order valence-corrected chi connectivity index (χ3v) is 2.89. The van der Waals surface area contributed by atoms with Crippen molar-refractivity contribution in [3.63, 3.8) is 0 Å². The van der Waals surface area contributed by atoms with Crippen LogP contribution < -0.4 is 5.32 Å². The molecule has 0 fully saturated rings. The summed E-state index contributed by atoms with van der Waals surface area (Å²) < 4.78 is 9.98. The van der Waals surface area contributed by atoms with Gasteiger partial charge in [-0.15, -0.1) is 0 Å². The van der Waals surface area contributed by atoms with Gasteiger partial charge in [-0.25, -0.2) is 4.79 Å². The molecule has 0 aromatic rings. The van der Waals surface area contributed by atoms with Crippen molar-refractivity contribution in [2.75, 3.05) is 40.5 Å².